The van der Waals surface area contributed by atoms with E-state index in [0.717, 1.165) is 10.9 Å². The summed E-state index contributed by atoms with van der Waals surface area (Å²) in [4.78, 5) is 32.9. The molecule has 1 saturated heterocycles. The molecule has 0 unspecified atom stereocenters. The van der Waals surface area contributed by atoms with Crippen LogP contribution in [0.5, 0.6) is 0 Å². The molecule has 202 valence electrons. The van der Waals surface area contributed by atoms with Gasteiger partial charge in [0.2, 0.25) is 0 Å². The number of carbonyl (C=O) groups is 2. The predicted molar refractivity (Wildman–Crippen MR) is 142 cm³/mol. The second kappa shape index (κ2) is 12.8. The number of nitrogens with one attached hydrogen (secondary N) is 3. The van der Waals surface area contributed by atoms with Gasteiger partial charge < -0.3 is 20.1 Å². The van der Waals surface area contributed by atoms with E-state index in [1.807, 2.05) is 23.1 Å². The Labute approximate surface area is 224 Å². The third-order valence-electron chi connectivity index (χ3n) is 6.20. The van der Waals surface area contributed by atoms with E-state index < -0.39 is 24.4 Å². The highest BCUT2D eigenvalue weighted by molar-refractivity contribution is 6.31. The van der Waals surface area contributed by atoms with Gasteiger partial charge in [0.25, 0.3) is 0 Å². The number of piperazine rings is 1. The van der Waals surface area contributed by atoms with Gasteiger partial charge in [-0.05, 0) is 41.3 Å². The lowest BCUT2D eigenvalue weighted by Crippen LogP contribution is -2.55. The number of aliphatic hydroxyl groups is 1. The highest BCUT2D eigenvalue weighted by atomic mass is 35.5. The monoisotopic (exact) mass is 544 g/mol. The molecule has 2 atom stereocenters. The molecule has 2 heterocycles. The van der Waals surface area contributed by atoms with E-state index in [2.05, 4.69) is 20.9 Å². The number of aromatic nitrogens is 1. The molecule has 0 aliphatic carbocycles. The van der Waals surface area contributed by atoms with E-state index in [1.54, 1.807) is 25.2 Å². The van der Waals surface area contributed by atoms with Gasteiger partial charge in [-0.3, -0.25) is 15.5 Å². The maximum atomic E-state index is 13.6. The highest BCUT2D eigenvalue weighted by Crippen LogP contribution is 2.19. The Bertz CT molecular complexity index is 1280. The summed E-state index contributed by atoms with van der Waals surface area (Å²) < 4.78 is 19.3. The number of carbonyl (C=O) groups excluding carboxylic acids is 2. The molecule has 3 aromatic rings. The zero-order chi connectivity index (χ0) is 27.1. The zero-order valence-electron chi connectivity index (χ0n) is 20.9. The van der Waals surface area contributed by atoms with E-state index >= 15 is 0 Å². The van der Waals surface area contributed by atoms with Crippen LogP contribution in [-0.2, 0) is 11.3 Å². The predicted octanol–water partition coefficient (Wildman–Crippen LogP) is 3.36. The van der Waals surface area contributed by atoms with Crippen LogP contribution in [0.2, 0.25) is 5.02 Å². The molecule has 4 rings (SSSR count). The Hall–Kier alpha value is -3.51. The fraction of sp³-hybridized carbons (Fsp3) is 0.346. The minimum absolute atomic E-state index is 0.211. The fourth-order valence-electron chi connectivity index (χ4n) is 4.12. The lowest BCUT2D eigenvalue weighted by molar-refractivity contribution is -0.0572. The van der Waals surface area contributed by atoms with Gasteiger partial charge in [0.15, 0.2) is 6.23 Å². The van der Waals surface area contributed by atoms with Gasteiger partial charge in [-0.1, -0.05) is 29.8 Å². The molecule has 1 fully saturated rings. The van der Waals surface area contributed by atoms with Crippen molar-refractivity contribution in [2.45, 2.75) is 25.4 Å². The smallest absolute Gasteiger partial charge is 0.414 e. The number of fused-ring (bicyclic) bond motifs is 1. The molecule has 0 saturated carbocycles. The number of pyridine rings is 1. The van der Waals surface area contributed by atoms with Crippen LogP contribution in [0.4, 0.5) is 19.8 Å². The number of urea groups is 1. The van der Waals surface area contributed by atoms with Gasteiger partial charge in [0.1, 0.15) is 17.9 Å². The van der Waals surface area contributed by atoms with E-state index in [4.69, 9.17) is 16.3 Å². The number of hydrogen-bond donors (Lipinski definition) is 4. The van der Waals surface area contributed by atoms with Crippen molar-refractivity contribution in [3.8, 4) is 0 Å². The van der Waals surface area contributed by atoms with Crippen LogP contribution < -0.4 is 16.0 Å². The molecule has 38 heavy (non-hydrogen) atoms. The third-order valence-corrected chi connectivity index (χ3v) is 6.57. The second-order valence-corrected chi connectivity index (χ2v) is 9.38. The molecule has 1 aliphatic heterocycles. The van der Waals surface area contributed by atoms with Crippen LogP contribution in [0, 0.1) is 5.82 Å². The van der Waals surface area contributed by atoms with Gasteiger partial charge in [-0.2, -0.15) is 0 Å². The zero-order valence-corrected chi connectivity index (χ0v) is 21.6. The van der Waals surface area contributed by atoms with Crippen molar-refractivity contribution >= 4 is 40.3 Å². The fourth-order valence-corrected chi connectivity index (χ4v) is 4.32. The Morgan fingerprint density at radius 3 is 2.89 bits per heavy atom. The van der Waals surface area contributed by atoms with Crippen LogP contribution in [0.25, 0.3) is 10.8 Å². The summed E-state index contributed by atoms with van der Waals surface area (Å²) in [6.07, 6.45) is -0.413. The number of aliphatic hydroxyl groups excluding tert-OH is 1. The molecule has 0 bridgehead atoms. The Morgan fingerprint density at radius 2 is 2.11 bits per heavy atom. The first-order valence-electron chi connectivity index (χ1n) is 12.2. The minimum atomic E-state index is -0.772. The van der Waals surface area contributed by atoms with Crippen molar-refractivity contribution < 1.29 is 23.8 Å². The second-order valence-electron chi connectivity index (χ2n) is 8.97. The van der Waals surface area contributed by atoms with Crippen molar-refractivity contribution in [1.82, 2.24) is 25.4 Å². The van der Waals surface area contributed by atoms with Gasteiger partial charge in [0, 0.05) is 62.8 Å². The maximum absolute atomic E-state index is 13.6. The number of halogens is 2. The van der Waals surface area contributed by atoms with E-state index in [1.165, 1.54) is 23.2 Å². The number of amides is 3. The molecule has 0 spiro atoms. The highest BCUT2D eigenvalue weighted by Gasteiger charge is 2.28. The molecule has 1 aliphatic rings. The quantitative estimate of drug-likeness (QED) is 0.343. The van der Waals surface area contributed by atoms with Crippen LogP contribution in [0.3, 0.4) is 0 Å². The molecular formula is C26H30ClFN6O4. The average molecular weight is 545 g/mol. The summed E-state index contributed by atoms with van der Waals surface area (Å²) in [6, 6.07) is 12.8. The molecule has 3 amide bonds. The van der Waals surface area contributed by atoms with Gasteiger partial charge in [-0.25, -0.2) is 19.0 Å². The summed E-state index contributed by atoms with van der Waals surface area (Å²) in [7, 11) is 1.64. The number of anilines is 1. The van der Waals surface area contributed by atoms with Crippen molar-refractivity contribution in [3.63, 3.8) is 0 Å². The van der Waals surface area contributed by atoms with Crippen LogP contribution >= 0.6 is 11.6 Å². The van der Waals surface area contributed by atoms with Gasteiger partial charge in [-0.15, -0.1) is 0 Å². The molecular weight excluding hydrogens is 515 g/mol. The first-order chi connectivity index (χ1) is 18.3. The Balaban J connectivity index is 1.36. The summed E-state index contributed by atoms with van der Waals surface area (Å²) in [5.41, 5.74) is 0.800. The van der Waals surface area contributed by atoms with Crippen molar-refractivity contribution in [3.05, 3.63) is 71.1 Å². The molecule has 1 aromatic heterocycles. The summed E-state index contributed by atoms with van der Waals surface area (Å²) in [5.74, 6) is -0.183. The summed E-state index contributed by atoms with van der Waals surface area (Å²) >= 11 is 6.16. The minimum Gasteiger partial charge on any atom is -0.430 e. The topological polar surface area (TPSA) is 119 Å². The maximum Gasteiger partial charge on any atom is 0.414 e. The first kappa shape index (κ1) is 27.5. The van der Waals surface area contributed by atoms with Crippen molar-refractivity contribution in [1.29, 1.82) is 0 Å². The number of ether oxygens (including phenoxy) is 1. The Kier molecular flexibility index (Phi) is 9.29. The third kappa shape index (κ3) is 7.51. The Morgan fingerprint density at radius 1 is 1.29 bits per heavy atom. The number of rotatable bonds is 8. The van der Waals surface area contributed by atoms with Gasteiger partial charge >= 0.3 is 12.1 Å². The van der Waals surface area contributed by atoms with Crippen LogP contribution in [0.15, 0.2) is 54.7 Å². The van der Waals surface area contributed by atoms with E-state index in [-0.39, 0.29) is 31.5 Å². The average Bonchev–Trinajstić information content (AvgIpc) is 2.90. The lowest BCUT2D eigenvalue weighted by atomic mass is 10.2. The summed E-state index contributed by atoms with van der Waals surface area (Å²) in [5, 5.41) is 20.3. The SMILES string of the molecule is CN(CC[C@H](OC(=O)Nc1cc2cc(F)ccc2cn1)N1CCN[C@@H](O)C1)C(=O)NCc1ccccc1Cl. The molecule has 0 radical (unpaired) electrons. The van der Waals surface area contributed by atoms with E-state index in [9.17, 15) is 19.1 Å². The van der Waals surface area contributed by atoms with E-state index in [0.29, 0.717) is 29.9 Å². The normalized spacial score (nSPS) is 16.6. The van der Waals surface area contributed by atoms with Crippen molar-refractivity contribution in [2.75, 3.05) is 38.5 Å². The number of β-amino-alcohol motifs (C(OH)–C–C–N with tert-alkyl or cyclic N) is 1. The standard InChI is InChI=1S/C26H30ClFN6O4/c1-33(25(36)31-15-18-4-2-3-5-21(18)27)10-8-24(34-11-9-29-23(35)16-34)38-26(37)32-22-13-19-12-20(28)7-6-17(19)14-30-22/h2-7,12-14,23-24,29,35H,8-11,15-16H2,1H3,(H,31,36)(H,30,32,37)/t23-,24-/m0/s1. The molecule has 10 nitrogen and oxygen atoms in total. The van der Waals surface area contributed by atoms with Crippen molar-refractivity contribution in [2.24, 2.45) is 0 Å². The number of hydrogen-bond acceptors (Lipinski definition) is 7. The lowest BCUT2D eigenvalue weighted by Gasteiger charge is -2.36. The number of nitrogens with zero attached hydrogens (tertiary/aromatic N) is 3. The first-order valence-corrected chi connectivity index (χ1v) is 12.6. The van der Waals surface area contributed by atoms with Crippen LogP contribution in [0.1, 0.15) is 12.0 Å². The largest absolute Gasteiger partial charge is 0.430 e. The van der Waals surface area contributed by atoms with Crippen LogP contribution in [-0.4, -0.2) is 77.7 Å². The molecule has 4 N–H and O–H groups in total. The number of benzene rings is 2. The summed E-state index contributed by atoms with van der Waals surface area (Å²) in [6.45, 7) is 1.84. The van der Waals surface area contributed by atoms with Gasteiger partial charge in [0.05, 0.1) is 0 Å². The molecule has 12 heteroatoms. The molecule has 2 aromatic carbocycles.